The number of fused-ring (bicyclic) bond motifs is 1. The number of para-hydroxylation sites is 1. The molecule has 0 atom stereocenters. The molecule has 0 saturated carbocycles. The molecule has 0 saturated heterocycles. The summed E-state index contributed by atoms with van der Waals surface area (Å²) in [4.78, 5) is 8.45. The monoisotopic (exact) mass is 377 g/mol. The molecule has 7 nitrogen and oxygen atoms in total. The van der Waals surface area contributed by atoms with Crippen molar-refractivity contribution >= 4 is 5.96 Å². The molecule has 7 heteroatoms. The Balaban J connectivity index is 1.31. The predicted octanol–water partition coefficient (Wildman–Crippen LogP) is 2.51. The summed E-state index contributed by atoms with van der Waals surface area (Å²) in [7, 11) is 1.78. The summed E-state index contributed by atoms with van der Waals surface area (Å²) in [6.45, 7) is 1.73. The summed E-state index contributed by atoms with van der Waals surface area (Å²) >= 11 is 0. The molecular formula is C21H23N5O2. The lowest BCUT2D eigenvalue weighted by molar-refractivity contribution is 0.174. The molecule has 1 aromatic heterocycles. The molecule has 0 radical (unpaired) electrons. The molecule has 2 N–H and O–H groups in total. The van der Waals surface area contributed by atoms with Crippen molar-refractivity contribution in [1.29, 1.82) is 0 Å². The van der Waals surface area contributed by atoms with Crippen molar-refractivity contribution in [2.24, 2.45) is 4.99 Å². The van der Waals surface area contributed by atoms with Crippen LogP contribution < -0.4 is 20.1 Å². The van der Waals surface area contributed by atoms with Crippen LogP contribution in [0.25, 0.3) is 5.69 Å². The van der Waals surface area contributed by atoms with Crippen LogP contribution in [0.15, 0.2) is 66.2 Å². The van der Waals surface area contributed by atoms with E-state index in [1.807, 2.05) is 35.0 Å². The zero-order valence-electron chi connectivity index (χ0n) is 15.8. The fourth-order valence-electron chi connectivity index (χ4n) is 3.14. The van der Waals surface area contributed by atoms with E-state index in [0.29, 0.717) is 13.3 Å². The molecule has 28 heavy (non-hydrogen) atoms. The van der Waals surface area contributed by atoms with Crippen LogP contribution in [0.2, 0.25) is 0 Å². The summed E-state index contributed by atoms with van der Waals surface area (Å²) in [6.07, 6.45) is 6.39. The van der Waals surface area contributed by atoms with Crippen LogP contribution in [0.1, 0.15) is 11.1 Å². The number of nitrogens with zero attached hydrogens (tertiary/aromatic N) is 3. The lowest BCUT2D eigenvalue weighted by atomic mass is 10.1. The Morgan fingerprint density at radius 1 is 1.14 bits per heavy atom. The number of rotatable bonds is 6. The standard InChI is InChI=1S/C21H23N5O2/c1-22-21(24-9-8-16-6-7-19-20(12-16)28-15-27-19)25-13-17-4-2-3-5-18(17)26-11-10-23-14-26/h2-7,10-12,14H,8-9,13,15H2,1H3,(H2,22,24,25). The molecule has 2 aromatic carbocycles. The first-order chi connectivity index (χ1) is 13.8. The Kier molecular flexibility index (Phi) is 5.42. The third-order valence-electron chi connectivity index (χ3n) is 4.59. The average Bonchev–Trinajstić information content (AvgIpc) is 3.42. The van der Waals surface area contributed by atoms with Crippen LogP contribution in [-0.2, 0) is 13.0 Å². The fraction of sp³-hybridized carbons (Fsp3) is 0.238. The fourth-order valence-corrected chi connectivity index (χ4v) is 3.14. The number of ether oxygens (including phenoxy) is 2. The summed E-state index contributed by atoms with van der Waals surface area (Å²) in [5.41, 5.74) is 3.46. The van der Waals surface area contributed by atoms with E-state index in [1.165, 1.54) is 11.1 Å². The van der Waals surface area contributed by atoms with Crippen molar-refractivity contribution in [1.82, 2.24) is 20.2 Å². The zero-order valence-corrected chi connectivity index (χ0v) is 15.8. The van der Waals surface area contributed by atoms with Gasteiger partial charge in [0.25, 0.3) is 0 Å². The largest absolute Gasteiger partial charge is 0.454 e. The number of guanidine groups is 1. The number of hydrogen-bond acceptors (Lipinski definition) is 4. The smallest absolute Gasteiger partial charge is 0.231 e. The first kappa shape index (κ1) is 17.9. The molecule has 144 valence electrons. The number of nitrogens with one attached hydrogen (secondary N) is 2. The van der Waals surface area contributed by atoms with Gasteiger partial charge in [0.2, 0.25) is 6.79 Å². The van der Waals surface area contributed by atoms with Gasteiger partial charge >= 0.3 is 0 Å². The maximum absolute atomic E-state index is 5.43. The van der Waals surface area contributed by atoms with Gasteiger partial charge in [-0.15, -0.1) is 0 Å². The minimum Gasteiger partial charge on any atom is -0.454 e. The van der Waals surface area contributed by atoms with Gasteiger partial charge in [0.15, 0.2) is 17.5 Å². The van der Waals surface area contributed by atoms with Gasteiger partial charge in [0.05, 0.1) is 12.0 Å². The van der Waals surface area contributed by atoms with Crippen molar-refractivity contribution in [3.05, 3.63) is 72.3 Å². The van der Waals surface area contributed by atoms with Gasteiger partial charge in [-0.05, 0) is 35.7 Å². The Morgan fingerprint density at radius 2 is 2.04 bits per heavy atom. The molecule has 0 spiro atoms. The summed E-state index contributed by atoms with van der Waals surface area (Å²) < 4.78 is 12.8. The number of hydrogen-bond donors (Lipinski definition) is 2. The average molecular weight is 377 g/mol. The summed E-state index contributed by atoms with van der Waals surface area (Å²) in [5, 5.41) is 6.73. The second-order valence-electron chi connectivity index (χ2n) is 6.39. The van der Waals surface area contributed by atoms with E-state index in [1.54, 1.807) is 19.6 Å². The highest BCUT2D eigenvalue weighted by Gasteiger charge is 2.13. The van der Waals surface area contributed by atoms with Crippen molar-refractivity contribution in [3.63, 3.8) is 0 Å². The van der Waals surface area contributed by atoms with Gasteiger partial charge in [-0.1, -0.05) is 24.3 Å². The van der Waals surface area contributed by atoms with E-state index >= 15 is 0 Å². The number of benzene rings is 2. The second kappa shape index (κ2) is 8.47. The van der Waals surface area contributed by atoms with E-state index in [9.17, 15) is 0 Å². The molecule has 0 amide bonds. The maximum atomic E-state index is 5.43. The molecule has 1 aliphatic rings. The lowest BCUT2D eigenvalue weighted by Gasteiger charge is -2.14. The first-order valence-corrected chi connectivity index (χ1v) is 9.23. The van der Waals surface area contributed by atoms with E-state index in [0.717, 1.165) is 36.1 Å². The summed E-state index contributed by atoms with van der Waals surface area (Å²) in [6, 6.07) is 14.3. The SMILES string of the molecule is CN=C(NCCc1ccc2c(c1)OCO2)NCc1ccccc1-n1ccnc1. The van der Waals surface area contributed by atoms with Crippen LogP contribution >= 0.6 is 0 Å². The molecule has 1 aliphatic heterocycles. The second-order valence-corrected chi connectivity index (χ2v) is 6.39. The van der Waals surface area contributed by atoms with E-state index in [-0.39, 0.29) is 0 Å². The molecule has 0 aliphatic carbocycles. The van der Waals surface area contributed by atoms with E-state index in [2.05, 4.69) is 38.8 Å². The molecule has 3 aromatic rings. The normalized spacial score (nSPS) is 12.8. The van der Waals surface area contributed by atoms with Gasteiger partial charge in [-0.3, -0.25) is 4.99 Å². The molecule has 0 unspecified atom stereocenters. The Bertz CT molecular complexity index is 953. The van der Waals surface area contributed by atoms with Gasteiger partial charge in [-0.25, -0.2) is 4.98 Å². The number of aliphatic imine (C=N–C) groups is 1. The van der Waals surface area contributed by atoms with Crippen molar-refractivity contribution in [2.75, 3.05) is 20.4 Å². The van der Waals surface area contributed by atoms with Crippen LogP contribution in [0.5, 0.6) is 11.5 Å². The first-order valence-electron chi connectivity index (χ1n) is 9.23. The minimum absolute atomic E-state index is 0.300. The minimum atomic E-state index is 0.300. The molecule has 0 bridgehead atoms. The highest BCUT2D eigenvalue weighted by Crippen LogP contribution is 2.32. The van der Waals surface area contributed by atoms with E-state index in [4.69, 9.17) is 9.47 Å². The van der Waals surface area contributed by atoms with Crippen molar-refractivity contribution in [3.8, 4) is 17.2 Å². The van der Waals surface area contributed by atoms with Crippen LogP contribution in [0.3, 0.4) is 0 Å². The molecular weight excluding hydrogens is 354 g/mol. The Morgan fingerprint density at radius 3 is 2.89 bits per heavy atom. The van der Waals surface area contributed by atoms with Gasteiger partial charge in [-0.2, -0.15) is 0 Å². The van der Waals surface area contributed by atoms with Crippen LogP contribution in [0, 0.1) is 0 Å². The summed E-state index contributed by atoms with van der Waals surface area (Å²) in [5.74, 6) is 2.39. The zero-order chi connectivity index (χ0) is 19.2. The predicted molar refractivity (Wildman–Crippen MR) is 108 cm³/mol. The van der Waals surface area contributed by atoms with E-state index < -0.39 is 0 Å². The molecule has 4 rings (SSSR count). The highest BCUT2D eigenvalue weighted by molar-refractivity contribution is 5.79. The molecule has 0 fully saturated rings. The third kappa shape index (κ3) is 4.09. The van der Waals surface area contributed by atoms with Gasteiger partial charge < -0.3 is 24.7 Å². The van der Waals surface area contributed by atoms with Gasteiger partial charge in [0.1, 0.15) is 0 Å². The number of imidazole rings is 1. The van der Waals surface area contributed by atoms with Crippen LogP contribution in [0.4, 0.5) is 0 Å². The lowest BCUT2D eigenvalue weighted by Crippen LogP contribution is -2.38. The van der Waals surface area contributed by atoms with Crippen molar-refractivity contribution in [2.45, 2.75) is 13.0 Å². The van der Waals surface area contributed by atoms with Crippen LogP contribution in [-0.4, -0.2) is 35.9 Å². The highest BCUT2D eigenvalue weighted by atomic mass is 16.7. The topological polar surface area (TPSA) is 72.7 Å². The van der Waals surface area contributed by atoms with Crippen molar-refractivity contribution < 1.29 is 9.47 Å². The van der Waals surface area contributed by atoms with Gasteiger partial charge in [0, 0.05) is 32.5 Å². The quantitative estimate of drug-likeness (QED) is 0.510. The Hall–Kier alpha value is -3.48. The third-order valence-corrected chi connectivity index (χ3v) is 4.59. The number of aromatic nitrogens is 2. The molecule has 2 heterocycles. The Labute approximate surface area is 164 Å². The maximum Gasteiger partial charge on any atom is 0.231 e.